The Labute approximate surface area is 243 Å². The molecule has 0 aliphatic heterocycles. The first-order chi connectivity index (χ1) is 19.4. The van der Waals surface area contributed by atoms with Gasteiger partial charge in [-0.1, -0.05) is 47.5 Å². The average molecular weight is 582 g/mol. The van der Waals surface area contributed by atoms with Gasteiger partial charge in [-0.15, -0.1) is 0 Å². The Morgan fingerprint density at radius 1 is 0.829 bits per heavy atom. The van der Waals surface area contributed by atoms with Crippen molar-refractivity contribution in [3.8, 4) is 11.5 Å². The standard InChI is InChI=1S/C31H39N3O6S/c1-21(2)32-31(36)24(5)33(19-25-12-8-22(3)9-13-25)30(35)20-34(26-14-10-23(4)11-15-26)41(37,38)27-16-17-28(39-6)29(18-27)40-7/h8-18,21,24H,19-20H2,1-7H3,(H,32,36)/t24-/m0/s1. The first-order valence-corrected chi connectivity index (χ1v) is 14.8. The molecule has 10 heteroatoms. The topological polar surface area (TPSA) is 105 Å². The third-order valence-electron chi connectivity index (χ3n) is 6.62. The number of hydrogen-bond donors (Lipinski definition) is 1. The van der Waals surface area contributed by atoms with Crippen LogP contribution in [-0.2, 0) is 26.2 Å². The second-order valence-electron chi connectivity index (χ2n) is 10.2. The van der Waals surface area contributed by atoms with E-state index >= 15 is 0 Å². The van der Waals surface area contributed by atoms with Crippen molar-refractivity contribution in [1.82, 2.24) is 10.2 Å². The average Bonchev–Trinajstić information content (AvgIpc) is 2.94. The molecule has 0 aliphatic rings. The molecule has 0 aromatic heterocycles. The zero-order valence-corrected chi connectivity index (χ0v) is 25.5. The monoisotopic (exact) mass is 581 g/mol. The quantitative estimate of drug-likeness (QED) is 0.339. The van der Waals surface area contributed by atoms with Crippen molar-refractivity contribution in [2.24, 2.45) is 0 Å². The highest BCUT2D eigenvalue weighted by Gasteiger charge is 2.33. The minimum absolute atomic E-state index is 0.0702. The van der Waals surface area contributed by atoms with E-state index in [-0.39, 0.29) is 29.1 Å². The van der Waals surface area contributed by atoms with E-state index in [1.807, 2.05) is 52.0 Å². The number of aryl methyl sites for hydroxylation is 2. The number of carbonyl (C=O) groups is 2. The number of methoxy groups -OCH3 is 2. The van der Waals surface area contributed by atoms with Gasteiger partial charge < -0.3 is 19.7 Å². The lowest BCUT2D eigenvalue weighted by Gasteiger charge is -2.32. The Hall–Kier alpha value is -4.05. The Morgan fingerprint density at radius 2 is 1.39 bits per heavy atom. The molecular weight excluding hydrogens is 542 g/mol. The third-order valence-corrected chi connectivity index (χ3v) is 8.39. The van der Waals surface area contributed by atoms with Crippen molar-refractivity contribution in [2.45, 2.75) is 58.1 Å². The molecule has 0 bridgehead atoms. The van der Waals surface area contributed by atoms with Crippen LogP contribution in [0.15, 0.2) is 71.6 Å². The fourth-order valence-electron chi connectivity index (χ4n) is 4.22. The third kappa shape index (κ3) is 7.79. The van der Waals surface area contributed by atoms with Crippen LogP contribution in [0.1, 0.15) is 37.5 Å². The van der Waals surface area contributed by atoms with Crippen molar-refractivity contribution in [3.63, 3.8) is 0 Å². The number of rotatable bonds is 12. The predicted molar refractivity (Wildman–Crippen MR) is 160 cm³/mol. The molecule has 0 radical (unpaired) electrons. The number of carbonyl (C=O) groups excluding carboxylic acids is 2. The number of sulfonamides is 1. The highest BCUT2D eigenvalue weighted by atomic mass is 32.2. The Balaban J connectivity index is 2.06. The van der Waals surface area contributed by atoms with Crippen LogP contribution in [0.4, 0.5) is 5.69 Å². The lowest BCUT2D eigenvalue weighted by Crippen LogP contribution is -2.52. The van der Waals surface area contributed by atoms with E-state index in [1.54, 1.807) is 31.2 Å². The van der Waals surface area contributed by atoms with Gasteiger partial charge in [0.1, 0.15) is 12.6 Å². The van der Waals surface area contributed by atoms with Gasteiger partial charge in [0.15, 0.2) is 11.5 Å². The van der Waals surface area contributed by atoms with Crippen molar-refractivity contribution in [2.75, 3.05) is 25.1 Å². The minimum atomic E-state index is -4.25. The van der Waals surface area contributed by atoms with Gasteiger partial charge in [-0.25, -0.2) is 8.42 Å². The maximum absolute atomic E-state index is 14.1. The lowest BCUT2D eigenvalue weighted by molar-refractivity contribution is -0.139. The van der Waals surface area contributed by atoms with Crippen molar-refractivity contribution in [3.05, 3.63) is 83.4 Å². The SMILES string of the molecule is COc1ccc(S(=O)(=O)N(CC(=O)N(Cc2ccc(C)cc2)[C@@H](C)C(=O)NC(C)C)c2ccc(C)cc2)cc1OC. The molecule has 2 amide bonds. The summed E-state index contributed by atoms with van der Waals surface area (Å²) in [6.07, 6.45) is 0. The van der Waals surface area contributed by atoms with Gasteiger partial charge in [-0.3, -0.25) is 13.9 Å². The van der Waals surface area contributed by atoms with Gasteiger partial charge in [-0.05, 0) is 64.4 Å². The molecule has 0 aliphatic carbocycles. The number of benzene rings is 3. The molecule has 0 saturated carbocycles. The number of ether oxygens (including phenoxy) is 2. The first-order valence-electron chi connectivity index (χ1n) is 13.3. The fraction of sp³-hybridized carbons (Fsp3) is 0.355. The van der Waals surface area contributed by atoms with Gasteiger partial charge in [0.25, 0.3) is 10.0 Å². The molecule has 220 valence electrons. The van der Waals surface area contributed by atoms with Crippen LogP contribution in [0.3, 0.4) is 0 Å². The summed E-state index contributed by atoms with van der Waals surface area (Å²) in [6, 6.07) is 17.8. The Bertz CT molecular complexity index is 1450. The molecule has 1 atom stereocenters. The highest BCUT2D eigenvalue weighted by Crippen LogP contribution is 2.32. The Morgan fingerprint density at radius 3 is 1.93 bits per heavy atom. The molecular formula is C31H39N3O6S. The maximum Gasteiger partial charge on any atom is 0.264 e. The van der Waals surface area contributed by atoms with E-state index in [2.05, 4.69) is 5.32 Å². The Kier molecular flexibility index (Phi) is 10.4. The van der Waals surface area contributed by atoms with Crippen molar-refractivity contribution < 1.29 is 27.5 Å². The summed E-state index contributed by atoms with van der Waals surface area (Å²) in [5.74, 6) is -0.242. The summed E-state index contributed by atoms with van der Waals surface area (Å²) < 4.78 is 39.8. The maximum atomic E-state index is 14.1. The molecule has 0 unspecified atom stereocenters. The normalized spacial score (nSPS) is 12.0. The second kappa shape index (κ2) is 13.5. The van der Waals surface area contributed by atoms with Gasteiger partial charge in [0.05, 0.1) is 24.8 Å². The minimum Gasteiger partial charge on any atom is -0.493 e. The smallest absolute Gasteiger partial charge is 0.264 e. The van der Waals surface area contributed by atoms with E-state index in [0.717, 1.165) is 21.0 Å². The zero-order valence-electron chi connectivity index (χ0n) is 24.7. The summed E-state index contributed by atoms with van der Waals surface area (Å²) in [6.45, 7) is 8.78. The number of nitrogens with one attached hydrogen (secondary N) is 1. The molecule has 3 aromatic rings. The van der Waals surface area contributed by atoms with E-state index in [9.17, 15) is 18.0 Å². The molecule has 41 heavy (non-hydrogen) atoms. The first kappa shape index (κ1) is 31.5. The largest absolute Gasteiger partial charge is 0.493 e. The molecule has 3 rings (SSSR count). The van der Waals surface area contributed by atoms with Crippen LogP contribution in [0.5, 0.6) is 11.5 Å². The van der Waals surface area contributed by atoms with Gasteiger partial charge in [0, 0.05) is 18.7 Å². The van der Waals surface area contributed by atoms with Crippen LogP contribution in [0.2, 0.25) is 0 Å². The van der Waals surface area contributed by atoms with Crippen molar-refractivity contribution in [1.29, 1.82) is 0 Å². The van der Waals surface area contributed by atoms with Gasteiger partial charge in [-0.2, -0.15) is 0 Å². The van der Waals surface area contributed by atoms with Crippen LogP contribution in [0.25, 0.3) is 0 Å². The number of amides is 2. The van der Waals surface area contributed by atoms with Crippen LogP contribution in [0, 0.1) is 13.8 Å². The molecule has 0 heterocycles. The van der Waals surface area contributed by atoms with Crippen LogP contribution in [-0.4, -0.2) is 58.0 Å². The predicted octanol–water partition coefficient (Wildman–Crippen LogP) is 4.46. The fourth-order valence-corrected chi connectivity index (χ4v) is 5.65. The number of anilines is 1. The van der Waals surface area contributed by atoms with Crippen molar-refractivity contribution >= 4 is 27.5 Å². The van der Waals surface area contributed by atoms with Crippen LogP contribution < -0.4 is 19.1 Å². The molecule has 3 aromatic carbocycles. The molecule has 9 nitrogen and oxygen atoms in total. The van der Waals surface area contributed by atoms with E-state index in [1.165, 1.54) is 37.3 Å². The zero-order chi connectivity index (χ0) is 30.3. The highest BCUT2D eigenvalue weighted by molar-refractivity contribution is 7.92. The molecule has 0 saturated heterocycles. The lowest BCUT2D eigenvalue weighted by atomic mass is 10.1. The summed E-state index contributed by atoms with van der Waals surface area (Å²) in [5.41, 5.74) is 3.12. The van der Waals surface area contributed by atoms with E-state index < -0.39 is 28.5 Å². The van der Waals surface area contributed by atoms with E-state index in [0.29, 0.717) is 11.4 Å². The van der Waals surface area contributed by atoms with Gasteiger partial charge in [0.2, 0.25) is 11.8 Å². The number of hydrogen-bond acceptors (Lipinski definition) is 6. The van der Waals surface area contributed by atoms with E-state index in [4.69, 9.17) is 9.47 Å². The number of nitrogens with zero attached hydrogens (tertiary/aromatic N) is 2. The second-order valence-corrected chi connectivity index (χ2v) is 12.1. The van der Waals surface area contributed by atoms with Gasteiger partial charge >= 0.3 is 0 Å². The molecule has 1 N–H and O–H groups in total. The summed E-state index contributed by atoms with van der Waals surface area (Å²) in [4.78, 5) is 28.4. The molecule has 0 spiro atoms. The summed E-state index contributed by atoms with van der Waals surface area (Å²) >= 11 is 0. The summed E-state index contributed by atoms with van der Waals surface area (Å²) in [5, 5.41) is 2.85. The summed E-state index contributed by atoms with van der Waals surface area (Å²) in [7, 11) is -1.37. The molecule has 0 fully saturated rings. The van der Waals surface area contributed by atoms with Crippen LogP contribution >= 0.6 is 0 Å².